The van der Waals surface area contributed by atoms with Gasteiger partial charge in [-0.2, -0.15) is 0 Å². The SMILES string of the molecule is O=C(Nc1cc(F)c(F)c(F)c1)c1ccc(Cl)c(SC2CC3CC[C@@H](C2)C3O)c1. The second-order valence-electron chi connectivity index (χ2n) is 7.65. The van der Waals surface area contributed by atoms with Crippen LogP contribution in [0.1, 0.15) is 36.0 Å². The zero-order valence-electron chi connectivity index (χ0n) is 15.3. The number of aliphatic hydroxyl groups is 1. The Kier molecular flexibility index (Phi) is 5.82. The summed E-state index contributed by atoms with van der Waals surface area (Å²) in [6.07, 6.45) is 3.69. The number of thioether (sulfide) groups is 1. The second-order valence-corrected chi connectivity index (χ2v) is 9.40. The summed E-state index contributed by atoms with van der Waals surface area (Å²) < 4.78 is 39.8. The molecular formula is C21H19ClF3NO2S. The van der Waals surface area contributed by atoms with E-state index in [0.29, 0.717) is 22.1 Å². The minimum atomic E-state index is -1.58. The molecule has 2 bridgehead atoms. The van der Waals surface area contributed by atoms with Crippen molar-refractivity contribution in [2.75, 3.05) is 5.32 Å². The van der Waals surface area contributed by atoms with E-state index in [2.05, 4.69) is 5.32 Å². The Morgan fingerprint density at radius 3 is 2.31 bits per heavy atom. The topological polar surface area (TPSA) is 49.3 Å². The Bertz CT molecular complexity index is 921. The highest BCUT2D eigenvalue weighted by molar-refractivity contribution is 8.00. The lowest BCUT2D eigenvalue weighted by molar-refractivity contribution is 0.0628. The van der Waals surface area contributed by atoms with Crippen LogP contribution in [0.3, 0.4) is 0 Å². The highest BCUT2D eigenvalue weighted by Gasteiger charge is 2.42. The molecule has 2 aliphatic carbocycles. The van der Waals surface area contributed by atoms with E-state index in [1.54, 1.807) is 23.9 Å². The lowest BCUT2D eigenvalue weighted by Crippen LogP contribution is -2.31. The van der Waals surface area contributed by atoms with Crippen molar-refractivity contribution in [2.24, 2.45) is 11.8 Å². The molecule has 29 heavy (non-hydrogen) atoms. The van der Waals surface area contributed by atoms with Crippen molar-refractivity contribution in [3.05, 3.63) is 58.4 Å². The van der Waals surface area contributed by atoms with Crippen LogP contribution in [0.25, 0.3) is 0 Å². The fourth-order valence-corrected chi connectivity index (χ4v) is 5.96. The predicted molar refractivity (Wildman–Crippen MR) is 107 cm³/mol. The third-order valence-corrected chi connectivity index (χ3v) is 7.49. The molecule has 4 atom stereocenters. The van der Waals surface area contributed by atoms with Crippen LogP contribution in [0, 0.1) is 29.3 Å². The van der Waals surface area contributed by atoms with Gasteiger partial charge in [-0.3, -0.25) is 4.79 Å². The van der Waals surface area contributed by atoms with Gasteiger partial charge < -0.3 is 10.4 Å². The highest BCUT2D eigenvalue weighted by Crippen LogP contribution is 2.48. The van der Waals surface area contributed by atoms with Crippen molar-refractivity contribution in [2.45, 2.75) is 41.9 Å². The molecular weight excluding hydrogens is 423 g/mol. The molecule has 2 saturated carbocycles. The van der Waals surface area contributed by atoms with Gasteiger partial charge in [0.2, 0.25) is 0 Å². The van der Waals surface area contributed by atoms with Crippen molar-refractivity contribution in [3.8, 4) is 0 Å². The largest absolute Gasteiger partial charge is 0.393 e. The summed E-state index contributed by atoms with van der Waals surface area (Å²) in [5.74, 6) is -4.27. The molecule has 1 amide bonds. The Hall–Kier alpha value is -1.70. The van der Waals surface area contributed by atoms with Crippen molar-refractivity contribution in [1.29, 1.82) is 0 Å². The van der Waals surface area contributed by atoms with Crippen molar-refractivity contribution < 1.29 is 23.1 Å². The third-order valence-electron chi connectivity index (χ3n) is 5.73. The first-order valence-electron chi connectivity index (χ1n) is 9.42. The van der Waals surface area contributed by atoms with Crippen LogP contribution in [0.5, 0.6) is 0 Å². The fourth-order valence-electron chi connectivity index (χ4n) is 4.28. The van der Waals surface area contributed by atoms with Gasteiger partial charge in [-0.05, 0) is 55.7 Å². The summed E-state index contributed by atoms with van der Waals surface area (Å²) in [7, 11) is 0. The fraction of sp³-hybridized carbons (Fsp3) is 0.381. The van der Waals surface area contributed by atoms with Crippen molar-refractivity contribution in [1.82, 2.24) is 0 Å². The Morgan fingerprint density at radius 1 is 1.07 bits per heavy atom. The van der Waals surface area contributed by atoms with Crippen molar-refractivity contribution in [3.63, 3.8) is 0 Å². The monoisotopic (exact) mass is 441 g/mol. The number of aliphatic hydroxyl groups excluding tert-OH is 1. The molecule has 4 rings (SSSR count). The zero-order chi connectivity index (χ0) is 20.7. The molecule has 0 heterocycles. The Balaban J connectivity index is 1.48. The number of benzene rings is 2. The van der Waals surface area contributed by atoms with Gasteiger partial charge in [-0.15, -0.1) is 11.8 Å². The lowest BCUT2D eigenvalue weighted by Gasteiger charge is -2.32. The number of anilines is 1. The van der Waals surface area contributed by atoms with E-state index in [9.17, 15) is 23.1 Å². The van der Waals surface area contributed by atoms with Crippen LogP contribution in [0.4, 0.5) is 18.9 Å². The molecule has 0 saturated heterocycles. The number of hydrogen-bond donors (Lipinski definition) is 2. The first-order valence-corrected chi connectivity index (χ1v) is 10.7. The first kappa shape index (κ1) is 20.6. The van der Waals surface area contributed by atoms with E-state index in [1.807, 2.05) is 0 Å². The minimum Gasteiger partial charge on any atom is -0.393 e. The number of carbonyl (C=O) groups is 1. The average molecular weight is 442 g/mol. The zero-order valence-corrected chi connectivity index (χ0v) is 16.9. The summed E-state index contributed by atoms with van der Waals surface area (Å²) in [5, 5.41) is 13.4. The molecule has 3 unspecified atom stereocenters. The van der Waals surface area contributed by atoms with Crippen LogP contribution < -0.4 is 5.32 Å². The molecule has 2 fully saturated rings. The number of amides is 1. The molecule has 2 aromatic rings. The summed E-state index contributed by atoms with van der Waals surface area (Å²) in [6.45, 7) is 0. The van der Waals surface area contributed by atoms with E-state index in [4.69, 9.17) is 11.6 Å². The van der Waals surface area contributed by atoms with E-state index < -0.39 is 23.4 Å². The van der Waals surface area contributed by atoms with Gasteiger partial charge in [0.25, 0.3) is 5.91 Å². The number of halogens is 4. The van der Waals surface area contributed by atoms with E-state index in [0.717, 1.165) is 42.7 Å². The molecule has 0 aromatic heterocycles. The molecule has 8 heteroatoms. The standard InChI is InChI=1S/C21H19ClF3NO2S/c22-15-4-3-12(21(28)26-13-8-16(23)19(25)17(24)9-13)7-18(15)29-14-5-10-1-2-11(6-14)20(10)27/h3-4,7-11,14,20,27H,1-2,5-6H2,(H,26,28)/t10-,11?,14?,20?/m0/s1. The molecule has 2 N–H and O–H groups in total. The van der Waals surface area contributed by atoms with Gasteiger partial charge in [-0.1, -0.05) is 11.6 Å². The maximum Gasteiger partial charge on any atom is 0.255 e. The van der Waals surface area contributed by atoms with Gasteiger partial charge in [0.15, 0.2) is 17.5 Å². The Labute approximate surface area is 175 Å². The molecule has 2 aromatic carbocycles. The predicted octanol–water partition coefficient (Wildman–Crippen LogP) is 5.65. The van der Waals surface area contributed by atoms with Gasteiger partial charge in [-0.25, -0.2) is 13.2 Å². The highest BCUT2D eigenvalue weighted by atomic mass is 35.5. The maximum atomic E-state index is 13.4. The minimum absolute atomic E-state index is 0.173. The molecule has 0 spiro atoms. The molecule has 2 aliphatic rings. The van der Waals surface area contributed by atoms with E-state index in [-0.39, 0.29) is 17.4 Å². The molecule has 3 nitrogen and oxygen atoms in total. The molecule has 154 valence electrons. The number of rotatable bonds is 4. The lowest BCUT2D eigenvalue weighted by atomic mass is 9.86. The third kappa shape index (κ3) is 4.27. The Morgan fingerprint density at radius 2 is 1.69 bits per heavy atom. The van der Waals surface area contributed by atoms with Gasteiger partial charge in [0.1, 0.15) is 0 Å². The van der Waals surface area contributed by atoms with Gasteiger partial charge in [0.05, 0.1) is 11.1 Å². The van der Waals surface area contributed by atoms with Gasteiger partial charge in [0, 0.05) is 33.5 Å². The van der Waals surface area contributed by atoms with Crippen LogP contribution in [-0.4, -0.2) is 22.4 Å². The average Bonchev–Trinajstić information content (AvgIpc) is 2.89. The van der Waals surface area contributed by atoms with Gasteiger partial charge >= 0.3 is 0 Å². The molecule has 0 aliphatic heterocycles. The number of fused-ring (bicyclic) bond motifs is 2. The summed E-state index contributed by atoms with van der Waals surface area (Å²) in [5.41, 5.74) is 0.106. The second kappa shape index (κ2) is 8.20. The number of hydrogen-bond acceptors (Lipinski definition) is 3. The summed E-state index contributed by atoms with van der Waals surface area (Å²) >= 11 is 7.91. The van der Waals surface area contributed by atoms with E-state index >= 15 is 0 Å². The molecule has 0 radical (unpaired) electrons. The van der Waals surface area contributed by atoms with E-state index in [1.165, 1.54) is 6.07 Å². The first-order chi connectivity index (χ1) is 13.8. The summed E-state index contributed by atoms with van der Waals surface area (Å²) in [6, 6.07) is 6.23. The maximum absolute atomic E-state index is 13.4. The number of nitrogens with one attached hydrogen (secondary N) is 1. The van der Waals surface area contributed by atoms with Crippen LogP contribution >= 0.6 is 23.4 Å². The quantitative estimate of drug-likeness (QED) is 0.603. The van der Waals surface area contributed by atoms with Crippen molar-refractivity contribution >= 4 is 35.0 Å². The smallest absolute Gasteiger partial charge is 0.255 e. The number of carbonyl (C=O) groups excluding carboxylic acids is 1. The van der Waals surface area contributed by atoms with Crippen LogP contribution in [-0.2, 0) is 0 Å². The van der Waals surface area contributed by atoms with Crippen LogP contribution in [0.2, 0.25) is 5.02 Å². The van der Waals surface area contributed by atoms with Crippen LogP contribution in [0.15, 0.2) is 35.2 Å². The normalized spacial score (nSPS) is 25.8. The summed E-state index contributed by atoms with van der Waals surface area (Å²) in [4.78, 5) is 13.2.